The van der Waals surface area contributed by atoms with E-state index in [1.807, 2.05) is 4.57 Å². The van der Waals surface area contributed by atoms with Gasteiger partial charge in [-0.2, -0.15) is 8.78 Å². The van der Waals surface area contributed by atoms with Gasteiger partial charge in [0.15, 0.2) is 5.82 Å². The minimum Gasteiger partial charge on any atom is -0.372 e. The summed E-state index contributed by atoms with van der Waals surface area (Å²) in [6.07, 6.45) is 2.82. The van der Waals surface area contributed by atoms with Crippen molar-refractivity contribution in [3.05, 3.63) is 40.0 Å². The molecule has 0 spiro atoms. The summed E-state index contributed by atoms with van der Waals surface area (Å²) in [7, 11) is -4.91. The summed E-state index contributed by atoms with van der Waals surface area (Å²) in [6.45, 7) is 0.891. The van der Waals surface area contributed by atoms with Crippen molar-refractivity contribution in [3.8, 4) is 0 Å². The van der Waals surface area contributed by atoms with E-state index in [4.69, 9.17) is 0 Å². The van der Waals surface area contributed by atoms with Gasteiger partial charge >= 0.3 is 5.76 Å². The molecular weight excluding hydrogens is 372 g/mol. The van der Waals surface area contributed by atoms with Crippen LogP contribution < -0.4 is 5.32 Å². The second-order valence-corrected chi connectivity index (χ2v) is 7.65. The Morgan fingerprint density at radius 3 is 2.77 bits per heavy atom. The van der Waals surface area contributed by atoms with E-state index in [0.29, 0.717) is 11.9 Å². The van der Waals surface area contributed by atoms with Crippen LogP contribution in [-0.4, -0.2) is 33.9 Å². The lowest BCUT2D eigenvalue weighted by atomic mass is 10.2. The molecule has 0 saturated carbocycles. The first-order valence-electron chi connectivity index (χ1n) is 7.76. The quantitative estimate of drug-likeness (QED) is 0.595. The van der Waals surface area contributed by atoms with Gasteiger partial charge in [0, 0.05) is 19.0 Å². The van der Waals surface area contributed by atoms with Crippen molar-refractivity contribution in [2.75, 3.05) is 5.32 Å². The van der Waals surface area contributed by atoms with E-state index in [2.05, 4.69) is 15.5 Å². The summed E-state index contributed by atoms with van der Waals surface area (Å²) in [4.78, 5) is 9.59. The van der Waals surface area contributed by atoms with Crippen LogP contribution in [0.1, 0.15) is 24.5 Å². The van der Waals surface area contributed by atoms with Gasteiger partial charge in [0.05, 0.1) is 16.4 Å². The molecule has 0 radical (unpaired) electrons. The summed E-state index contributed by atoms with van der Waals surface area (Å²) in [5.41, 5.74) is -0.596. The second kappa shape index (κ2) is 6.94. The molecule has 1 aliphatic heterocycles. The third-order valence-corrected chi connectivity index (χ3v) is 5.48. The predicted molar refractivity (Wildman–Crippen MR) is 86.6 cm³/mol. The highest BCUT2D eigenvalue weighted by atomic mass is 32.2. The first-order valence-corrected chi connectivity index (χ1v) is 9.30. The Bertz CT molecular complexity index is 945. The van der Waals surface area contributed by atoms with Gasteiger partial charge in [-0.05, 0) is 25.0 Å². The van der Waals surface area contributed by atoms with Gasteiger partial charge in [-0.15, -0.1) is 10.2 Å². The molecule has 12 heteroatoms. The molecule has 2 aromatic rings. The van der Waals surface area contributed by atoms with Crippen LogP contribution in [0, 0.1) is 10.1 Å². The van der Waals surface area contributed by atoms with Crippen LogP contribution >= 0.6 is 0 Å². The standard InChI is InChI=1S/C14H15F2N5O4S/c15-14(16)26(24,25)9-4-5-10(11(7-9)21(22)23)17-8-13-19-18-12-3-1-2-6-20(12)13/h4-5,7,14,17H,1-3,6,8H2. The maximum Gasteiger partial charge on any atom is 0.341 e. The molecule has 1 aromatic carbocycles. The summed E-state index contributed by atoms with van der Waals surface area (Å²) in [6, 6.07) is 2.64. The number of halogens is 2. The number of nitrogens with zero attached hydrogens (tertiary/aromatic N) is 4. The van der Waals surface area contributed by atoms with Crippen LogP contribution in [0.3, 0.4) is 0 Å². The van der Waals surface area contributed by atoms with Gasteiger partial charge in [-0.25, -0.2) is 8.42 Å². The third kappa shape index (κ3) is 3.36. The SMILES string of the molecule is O=[N+]([O-])c1cc(S(=O)(=O)C(F)F)ccc1NCc1nnc2n1CCCC2. The fourth-order valence-corrected chi connectivity index (χ4v) is 3.50. The van der Waals surface area contributed by atoms with E-state index in [0.717, 1.165) is 43.8 Å². The largest absolute Gasteiger partial charge is 0.372 e. The number of rotatable bonds is 6. The minimum atomic E-state index is -4.91. The second-order valence-electron chi connectivity index (χ2n) is 5.74. The fourth-order valence-electron chi connectivity index (χ4n) is 2.77. The molecule has 140 valence electrons. The van der Waals surface area contributed by atoms with Crippen LogP contribution in [0.5, 0.6) is 0 Å². The van der Waals surface area contributed by atoms with E-state index in [-0.39, 0.29) is 12.2 Å². The summed E-state index contributed by atoms with van der Waals surface area (Å²) >= 11 is 0. The summed E-state index contributed by atoms with van der Waals surface area (Å²) in [5.74, 6) is -2.21. The molecule has 3 rings (SSSR count). The Labute approximate surface area is 147 Å². The zero-order chi connectivity index (χ0) is 18.9. The highest BCUT2D eigenvalue weighted by Crippen LogP contribution is 2.30. The Morgan fingerprint density at radius 1 is 1.31 bits per heavy atom. The van der Waals surface area contributed by atoms with Crippen molar-refractivity contribution in [1.82, 2.24) is 14.8 Å². The van der Waals surface area contributed by atoms with Crippen LogP contribution in [0.25, 0.3) is 0 Å². The van der Waals surface area contributed by atoms with Crippen molar-refractivity contribution >= 4 is 21.2 Å². The molecule has 0 unspecified atom stereocenters. The maximum atomic E-state index is 12.6. The van der Waals surface area contributed by atoms with E-state index in [1.165, 1.54) is 0 Å². The van der Waals surface area contributed by atoms with E-state index < -0.39 is 31.1 Å². The van der Waals surface area contributed by atoms with Crippen LogP contribution in [0.15, 0.2) is 23.1 Å². The molecule has 2 heterocycles. The zero-order valence-corrected chi connectivity index (χ0v) is 14.2. The number of aryl methyl sites for hydroxylation is 1. The summed E-state index contributed by atoms with van der Waals surface area (Å²) < 4.78 is 50.2. The Morgan fingerprint density at radius 2 is 2.08 bits per heavy atom. The number of anilines is 1. The highest BCUT2D eigenvalue weighted by molar-refractivity contribution is 7.91. The maximum absolute atomic E-state index is 12.6. The first kappa shape index (κ1) is 18.2. The average Bonchev–Trinajstić information content (AvgIpc) is 3.02. The molecule has 9 nitrogen and oxygen atoms in total. The monoisotopic (exact) mass is 387 g/mol. The molecule has 0 fully saturated rings. The number of hydrogen-bond acceptors (Lipinski definition) is 7. The van der Waals surface area contributed by atoms with Gasteiger partial charge in [0.25, 0.3) is 5.69 Å². The highest BCUT2D eigenvalue weighted by Gasteiger charge is 2.29. The third-order valence-electron chi connectivity index (χ3n) is 4.10. The number of nitro benzene ring substituents is 1. The average molecular weight is 387 g/mol. The van der Waals surface area contributed by atoms with Crippen molar-refractivity contribution < 1.29 is 22.1 Å². The smallest absolute Gasteiger partial charge is 0.341 e. The number of nitro groups is 1. The Kier molecular flexibility index (Phi) is 4.85. The number of hydrogen-bond donors (Lipinski definition) is 1. The molecular formula is C14H15F2N5O4S. The number of aromatic nitrogens is 3. The molecule has 0 amide bonds. The normalized spacial score (nSPS) is 14.3. The number of sulfone groups is 1. The molecule has 1 N–H and O–H groups in total. The molecule has 1 aliphatic rings. The van der Waals surface area contributed by atoms with Crippen molar-refractivity contribution in [2.24, 2.45) is 0 Å². The fraction of sp³-hybridized carbons (Fsp3) is 0.429. The molecule has 0 saturated heterocycles. The number of benzene rings is 1. The van der Waals surface area contributed by atoms with Crippen molar-refractivity contribution in [1.29, 1.82) is 0 Å². The zero-order valence-electron chi connectivity index (χ0n) is 13.4. The van der Waals surface area contributed by atoms with Gasteiger partial charge in [0.2, 0.25) is 9.84 Å². The summed E-state index contributed by atoms with van der Waals surface area (Å²) in [5, 5.41) is 22.1. The number of fused-ring (bicyclic) bond motifs is 1. The Balaban J connectivity index is 1.86. The van der Waals surface area contributed by atoms with E-state index in [9.17, 15) is 27.3 Å². The minimum absolute atomic E-state index is 0.0105. The van der Waals surface area contributed by atoms with Crippen LogP contribution in [0.4, 0.5) is 20.2 Å². The molecule has 0 aliphatic carbocycles. The van der Waals surface area contributed by atoms with Gasteiger partial charge < -0.3 is 9.88 Å². The lowest BCUT2D eigenvalue weighted by Gasteiger charge is -2.15. The lowest BCUT2D eigenvalue weighted by molar-refractivity contribution is -0.384. The van der Waals surface area contributed by atoms with Gasteiger partial charge in [-0.3, -0.25) is 10.1 Å². The number of nitrogens with one attached hydrogen (secondary N) is 1. The van der Waals surface area contributed by atoms with Crippen LogP contribution in [0.2, 0.25) is 0 Å². The first-order chi connectivity index (χ1) is 12.3. The molecule has 1 aromatic heterocycles. The van der Waals surface area contributed by atoms with E-state index >= 15 is 0 Å². The van der Waals surface area contributed by atoms with Gasteiger partial charge in [0.1, 0.15) is 11.5 Å². The lowest BCUT2D eigenvalue weighted by Crippen LogP contribution is -2.16. The topological polar surface area (TPSA) is 120 Å². The number of alkyl halides is 2. The van der Waals surface area contributed by atoms with Crippen molar-refractivity contribution in [3.63, 3.8) is 0 Å². The molecule has 0 bridgehead atoms. The van der Waals surface area contributed by atoms with Crippen molar-refractivity contribution in [2.45, 2.75) is 43.0 Å². The van der Waals surface area contributed by atoms with Crippen LogP contribution in [-0.2, 0) is 29.3 Å². The molecule has 0 atom stereocenters. The van der Waals surface area contributed by atoms with E-state index in [1.54, 1.807) is 0 Å². The molecule has 26 heavy (non-hydrogen) atoms. The predicted octanol–water partition coefficient (Wildman–Crippen LogP) is 2.13. The van der Waals surface area contributed by atoms with Gasteiger partial charge in [-0.1, -0.05) is 0 Å². The Hall–Kier alpha value is -2.63.